The lowest BCUT2D eigenvalue weighted by molar-refractivity contribution is 0.289. The van der Waals surface area contributed by atoms with Gasteiger partial charge in [-0.25, -0.2) is 4.79 Å². The molecule has 5 heteroatoms. The van der Waals surface area contributed by atoms with E-state index in [1.54, 1.807) is 13.2 Å². The molecular formula is C28H27NO4. The maximum atomic E-state index is 12.5. The van der Waals surface area contributed by atoms with Crippen molar-refractivity contribution in [1.29, 1.82) is 0 Å². The maximum absolute atomic E-state index is 12.5. The summed E-state index contributed by atoms with van der Waals surface area (Å²) < 4.78 is 17.1. The van der Waals surface area contributed by atoms with Gasteiger partial charge in [-0.2, -0.15) is 0 Å². The molecule has 1 aliphatic rings. The van der Waals surface area contributed by atoms with Crippen LogP contribution in [0.5, 0.6) is 11.5 Å². The first-order chi connectivity index (χ1) is 15.8. The Morgan fingerprint density at radius 3 is 2.33 bits per heavy atom. The summed E-state index contributed by atoms with van der Waals surface area (Å²) in [5.41, 5.74) is 5.28. The summed E-state index contributed by atoms with van der Waals surface area (Å²) in [7, 11) is 1.64. The van der Waals surface area contributed by atoms with Crippen LogP contribution in [0.25, 0.3) is 22.1 Å². The number of fused-ring (bicyclic) bond motifs is 3. The molecule has 0 saturated carbocycles. The van der Waals surface area contributed by atoms with Crippen LogP contribution in [0, 0.1) is 0 Å². The van der Waals surface area contributed by atoms with E-state index in [1.165, 1.54) is 5.56 Å². The summed E-state index contributed by atoms with van der Waals surface area (Å²) in [5, 5.41) is 0.882. The second kappa shape index (κ2) is 8.00. The number of benzene rings is 3. The Morgan fingerprint density at radius 2 is 1.67 bits per heavy atom. The van der Waals surface area contributed by atoms with Gasteiger partial charge < -0.3 is 18.8 Å². The van der Waals surface area contributed by atoms with Crippen molar-refractivity contribution in [3.05, 3.63) is 88.3 Å². The standard InChI is InChI=1S/C28H27NO4/c1-28(2,3)19-7-9-20(10-8-19)29-16-24-25(32-17-29)14-13-22-23(15-26(30)33-27(22)24)18-5-11-21(31-4)12-6-18/h5-15H,16-17H2,1-4H3. The molecule has 0 aliphatic carbocycles. The molecule has 33 heavy (non-hydrogen) atoms. The van der Waals surface area contributed by atoms with Crippen molar-refractivity contribution in [2.75, 3.05) is 18.7 Å². The predicted octanol–water partition coefficient (Wildman–Crippen LogP) is 6.12. The van der Waals surface area contributed by atoms with Gasteiger partial charge in [-0.15, -0.1) is 0 Å². The van der Waals surface area contributed by atoms with E-state index in [1.807, 2.05) is 36.4 Å². The summed E-state index contributed by atoms with van der Waals surface area (Å²) in [6, 6.07) is 21.7. The zero-order chi connectivity index (χ0) is 23.2. The van der Waals surface area contributed by atoms with Crippen LogP contribution in [0.3, 0.4) is 0 Å². The van der Waals surface area contributed by atoms with E-state index < -0.39 is 0 Å². The van der Waals surface area contributed by atoms with Gasteiger partial charge >= 0.3 is 5.63 Å². The second-order valence-corrected chi connectivity index (χ2v) is 9.39. The van der Waals surface area contributed by atoms with Crippen LogP contribution in [0.1, 0.15) is 31.9 Å². The van der Waals surface area contributed by atoms with Crippen LogP contribution in [0.2, 0.25) is 0 Å². The van der Waals surface area contributed by atoms with Crippen LogP contribution in [-0.2, 0) is 12.0 Å². The fourth-order valence-electron chi connectivity index (χ4n) is 4.28. The van der Waals surface area contributed by atoms with E-state index in [2.05, 4.69) is 49.9 Å². The minimum absolute atomic E-state index is 0.0982. The number of rotatable bonds is 3. The molecule has 5 nitrogen and oxygen atoms in total. The smallest absolute Gasteiger partial charge is 0.336 e. The SMILES string of the molecule is COc1ccc(-c2cc(=O)oc3c4c(ccc23)OCN(c2ccc(C(C)(C)C)cc2)C4)cc1. The summed E-state index contributed by atoms with van der Waals surface area (Å²) in [5.74, 6) is 1.52. The minimum Gasteiger partial charge on any atom is -0.497 e. The Balaban J connectivity index is 1.56. The molecule has 168 valence electrons. The van der Waals surface area contributed by atoms with Gasteiger partial charge in [0.05, 0.1) is 19.2 Å². The van der Waals surface area contributed by atoms with Crippen molar-refractivity contribution in [1.82, 2.24) is 0 Å². The third kappa shape index (κ3) is 3.95. The largest absolute Gasteiger partial charge is 0.497 e. The summed E-state index contributed by atoms with van der Waals surface area (Å²) >= 11 is 0. The second-order valence-electron chi connectivity index (χ2n) is 9.39. The maximum Gasteiger partial charge on any atom is 0.336 e. The van der Waals surface area contributed by atoms with Crippen molar-refractivity contribution in [2.45, 2.75) is 32.7 Å². The first kappa shape index (κ1) is 21.1. The van der Waals surface area contributed by atoms with Crippen molar-refractivity contribution < 1.29 is 13.9 Å². The van der Waals surface area contributed by atoms with Crippen molar-refractivity contribution in [3.63, 3.8) is 0 Å². The van der Waals surface area contributed by atoms with Gasteiger partial charge in [0.1, 0.15) is 17.1 Å². The topological polar surface area (TPSA) is 51.9 Å². The highest BCUT2D eigenvalue weighted by Gasteiger charge is 2.23. The monoisotopic (exact) mass is 441 g/mol. The van der Waals surface area contributed by atoms with Gasteiger partial charge in [-0.1, -0.05) is 45.0 Å². The minimum atomic E-state index is -0.381. The molecule has 0 bridgehead atoms. The molecule has 0 atom stereocenters. The number of anilines is 1. The predicted molar refractivity (Wildman–Crippen MR) is 131 cm³/mol. The van der Waals surface area contributed by atoms with Crippen LogP contribution < -0.4 is 20.0 Å². The van der Waals surface area contributed by atoms with Crippen molar-refractivity contribution >= 4 is 16.7 Å². The molecule has 2 heterocycles. The highest BCUT2D eigenvalue weighted by atomic mass is 16.5. The lowest BCUT2D eigenvalue weighted by Crippen LogP contribution is -2.32. The highest BCUT2D eigenvalue weighted by molar-refractivity contribution is 5.96. The first-order valence-electron chi connectivity index (χ1n) is 11.1. The fourth-order valence-corrected chi connectivity index (χ4v) is 4.28. The highest BCUT2D eigenvalue weighted by Crippen LogP contribution is 2.37. The molecule has 0 unspecified atom stereocenters. The van der Waals surface area contributed by atoms with Crippen LogP contribution in [-0.4, -0.2) is 13.8 Å². The number of hydrogen-bond acceptors (Lipinski definition) is 5. The Hall–Kier alpha value is -3.73. The lowest BCUT2D eigenvalue weighted by atomic mass is 9.87. The van der Waals surface area contributed by atoms with E-state index in [4.69, 9.17) is 13.9 Å². The fraction of sp³-hybridized carbons (Fsp3) is 0.250. The quantitative estimate of drug-likeness (QED) is 0.358. The molecular weight excluding hydrogens is 414 g/mol. The zero-order valence-electron chi connectivity index (χ0n) is 19.3. The molecule has 0 N–H and O–H groups in total. The Kier molecular flexibility index (Phi) is 5.12. The van der Waals surface area contributed by atoms with Crippen LogP contribution >= 0.6 is 0 Å². The van der Waals surface area contributed by atoms with E-state index in [0.29, 0.717) is 18.9 Å². The average molecular weight is 442 g/mol. The van der Waals surface area contributed by atoms with Gasteiger partial charge in [-0.3, -0.25) is 0 Å². The molecule has 1 aliphatic heterocycles. The molecule has 1 aromatic heterocycles. The number of ether oxygens (including phenoxy) is 2. The van der Waals surface area contributed by atoms with Gasteiger partial charge in [0.15, 0.2) is 6.73 Å². The molecule has 0 saturated heterocycles. The normalized spacial score (nSPS) is 13.5. The molecule has 5 rings (SSSR count). The van der Waals surface area contributed by atoms with Crippen molar-refractivity contribution in [3.8, 4) is 22.6 Å². The molecule has 0 radical (unpaired) electrons. The van der Waals surface area contributed by atoms with Crippen molar-refractivity contribution in [2.24, 2.45) is 0 Å². The molecule has 4 aromatic rings. The average Bonchev–Trinajstić information content (AvgIpc) is 2.83. The van der Waals surface area contributed by atoms with Gasteiger partial charge in [0, 0.05) is 17.1 Å². The van der Waals surface area contributed by atoms with E-state index >= 15 is 0 Å². The first-order valence-corrected chi connectivity index (χ1v) is 11.1. The van der Waals surface area contributed by atoms with E-state index in [-0.39, 0.29) is 11.0 Å². The third-order valence-corrected chi connectivity index (χ3v) is 6.20. The Labute approximate surface area is 193 Å². The molecule has 0 spiro atoms. The van der Waals surface area contributed by atoms with Crippen LogP contribution in [0.4, 0.5) is 5.69 Å². The Bertz CT molecular complexity index is 1360. The van der Waals surface area contributed by atoms with E-state index in [9.17, 15) is 4.79 Å². The summed E-state index contributed by atoms with van der Waals surface area (Å²) in [6.07, 6.45) is 0. The van der Waals surface area contributed by atoms with Gasteiger partial charge in [-0.05, 0) is 58.5 Å². The van der Waals surface area contributed by atoms with Crippen LogP contribution in [0.15, 0.2) is 75.9 Å². The van der Waals surface area contributed by atoms with E-state index in [0.717, 1.165) is 39.3 Å². The number of nitrogens with zero attached hydrogens (tertiary/aromatic N) is 1. The molecule has 0 amide bonds. The van der Waals surface area contributed by atoms with Gasteiger partial charge in [0.2, 0.25) is 0 Å². The molecule has 3 aromatic carbocycles. The van der Waals surface area contributed by atoms with Gasteiger partial charge in [0.25, 0.3) is 0 Å². The summed E-state index contributed by atoms with van der Waals surface area (Å²) in [6.45, 7) is 7.65. The zero-order valence-corrected chi connectivity index (χ0v) is 19.3. The molecule has 0 fully saturated rings. The lowest BCUT2D eigenvalue weighted by Gasteiger charge is -2.31. The Morgan fingerprint density at radius 1 is 0.939 bits per heavy atom. The summed E-state index contributed by atoms with van der Waals surface area (Å²) in [4.78, 5) is 14.7. The number of methoxy groups -OCH3 is 1. The third-order valence-electron chi connectivity index (χ3n) is 6.20. The number of hydrogen-bond donors (Lipinski definition) is 0.